The van der Waals surface area contributed by atoms with Crippen molar-refractivity contribution in [3.8, 4) is 0 Å². The molecule has 1 saturated heterocycles. The Kier molecular flexibility index (Phi) is 5.74. The van der Waals surface area contributed by atoms with E-state index in [-0.39, 0.29) is 5.91 Å². The molecule has 1 unspecified atom stereocenters. The fourth-order valence-electron chi connectivity index (χ4n) is 3.50. The van der Waals surface area contributed by atoms with Crippen LogP contribution in [-0.2, 0) is 11.3 Å². The van der Waals surface area contributed by atoms with Gasteiger partial charge in [-0.1, -0.05) is 35.9 Å². The van der Waals surface area contributed by atoms with Crippen LogP contribution in [0.3, 0.4) is 0 Å². The number of carbonyl (C=O) groups excluding carboxylic acids is 1. The normalized spacial score (nSPS) is 23.1. The fraction of sp³-hybridized carbons (Fsp3) is 0.526. The van der Waals surface area contributed by atoms with Crippen LogP contribution in [0.15, 0.2) is 36.4 Å². The lowest BCUT2D eigenvalue weighted by Crippen LogP contribution is -2.34. The third-order valence-corrected chi connectivity index (χ3v) is 5.07. The van der Waals surface area contributed by atoms with E-state index in [1.165, 1.54) is 19.3 Å². The summed E-state index contributed by atoms with van der Waals surface area (Å²) in [6.07, 6.45) is 8.91. The molecule has 1 aliphatic heterocycles. The van der Waals surface area contributed by atoms with Crippen LogP contribution >= 0.6 is 11.6 Å². The van der Waals surface area contributed by atoms with Crippen molar-refractivity contribution in [2.75, 3.05) is 26.2 Å². The van der Waals surface area contributed by atoms with Gasteiger partial charge in [-0.05, 0) is 42.9 Å². The van der Waals surface area contributed by atoms with Gasteiger partial charge in [0.1, 0.15) is 0 Å². The lowest BCUT2D eigenvalue weighted by atomic mass is 9.94. The summed E-state index contributed by atoms with van der Waals surface area (Å²) in [5.41, 5.74) is 1.11. The number of hydrogen-bond donors (Lipinski definition) is 0. The second-order valence-electron chi connectivity index (χ2n) is 6.65. The highest BCUT2D eigenvalue weighted by molar-refractivity contribution is 6.30. The number of amides is 1. The van der Waals surface area contributed by atoms with Crippen molar-refractivity contribution >= 4 is 17.5 Å². The Bertz CT molecular complexity index is 572. The molecule has 0 spiro atoms. The zero-order chi connectivity index (χ0) is 16.1. The third kappa shape index (κ3) is 4.82. The van der Waals surface area contributed by atoms with Crippen LogP contribution in [0.4, 0.5) is 0 Å². The number of halogens is 1. The monoisotopic (exact) mass is 332 g/mol. The SMILES string of the molecule is O=C1CCN(CC2CC=CCC2)CCN1Cc1cccc(Cl)c1. The summed E-state index contributed by atoms with van der Waals surface area (Å²) in [7, 11) is 0. The van der Waals surface area contributed by atoms with Gasteiger partial charge in [-0.25, -0.2) is 0 Å². The van der Waals surface area contributed by atoms with Crippen molar-refractivity contribution in [2.24, 2.45) is 5.92 Å². The summed E-state index contributed by atoms with van der Waals surface area (Å²) in [5.74, 6) is 1.02. The maximum atomic E-state index is 12.4. The number of benzene rings is 1. The molecule has 0 saturated carbocycles. The first-order valence-corrected chi connectivity index (χ1v) is 8.98. The van der Waals surface area contributed by atoms with E-state index in [1.807, 2.05) is 29.2 Å². The van der Waals surface area contributed by atoms with Crippen LogP contribution in [0.2, 0.25) is 5.02 Å². The minimum atomic E-state index is 0.260. The van der Waals surface area contributed by atoms with Crippen LogP contribution < -0.4 is 0 Å². The molecule has 4 heteroatoms. The lowest BCUT2D eigenvalue weighted by molar-refractivity contribution is -0.130. The molecule has 1 aliphatic carbocycles. The molecule has 0 radical (unpaired) electrons. The highest BCUT2D eigenvalue weighted by Crippen LogP contribution is 2.20. The molecule has 3 nitrogen and oxygen atoms in total. The zero-order valence-corrected chi connectivity index (χ0v) is 14.3. The van der Waals surface area contributed by atoms with E-state index in [9.17, 15) is 4.79 Å². The highest BCUT2D eigenvalue weighted by atomic mass is 35.5. The topological polar surface area (TPSA) is 23.6 Å². The molecule has 1 heterocycles. The molecular weight excluding hydrogens is 308 g/mol. The highest BCUT2D eigenvalue weighted by Gasteiger charge is 2.23. The van der Waals surface area contributed by atoms with Crippen LogP contribution in [-0.4, -0.2) is 41.9 Å². The van der Waals surface area contributed by atoms with Gasteiger partial charge in [0.2, 0.25) is 5.91 Å². The number of nitrogens with zero attached hydrogens (tertiary/aromatic N) is 2. The van der Waals surface area contributed by atoms with Gasteiger partial charge in [0, 0.05) is 44.2 Å². The smallest absolute Gasteiger partial charge is 0.224 e. The minimum absolute atomic E-state index is 0.260. The van der Waals surface area contributed by atoms with Crippen molar-refractivity contribution < 1.29 is 4.79 Å². The Morgan fingerprint density at radius 3 is 2.87 bits per heavy atom. The number of rotatable bonds is 4. The maximum Gasteiger partial charge on any atom is 0.224 e. The number of hydrogen-bond acceptors (Lipinski definition) is 2. The largest absolute Gasteiger partial charge is 0.337 e. The fourth-order valence-corrected chi connectivity index (χ4v) is 3.72. The molecule has 23 heavy (non-hydrogen) atoms. The van der Waals surface area contributed by atoms with Gasteiger partial charge < -0.3 is 9.80 Å². The van der Waals surface area contributed by atoms with Crippen LogP contribution in [0.25, 0.3) is 0 Å². The summed E-state index contributed by atoms with van der Waals surface area (Å²) in [6, 6.07) is 7.81. The molecule has 1 aromatic carbocycles. The summed E-state index contributed by atoms with van der Waals surface area (Å²) in [4.78, 5) is 16.8. The molecule has 124 valence electrons. The third-order valence-electron chi connectivity index (χ3n) is 4.84. The van der Waals surface area contributed by atoms with Gasteiger partial charge in [-0.15, -0.1) is 0 Å². The second-order valence-corrected chi connectivity index (χ2v) is 7.08. The molecule has 1 atom stereocenters. The van der Waals surface area contributed by atoms with Crippen LogP contribution in [0.1, 0.15) is 31.2 Å². The first-order valence-electron chi connectivity index (χ1n) is 8.60. The van der Waals surface area contributed by atoms with Crippen LogP contribution in [0.5, 0.6) is 0 Å². The molecule has 1 aromatic rings. The second kappa shape index (κ2) is 7.98. The Balaban J connectivity index is 1.55. The van der Waals surface area contributed by atoms with E-state index in [2.05, 4.69) is 17.1 Å². The quantitative estimate of drug-likeness (QED) is 0.784. The Labute approximate surface area is 143 Å². The molecule has 3 rings (SSSR count). The van der Waals surface area contributed by atoms with Gasteiger partial charge in [0.05, 0.1) is 0 Å². The van der Waals surface area contributed by atoms with Crippen molar-refractivity contribution in [2.45, 2.75) is 32.2 Å². The van der Waals surface area contributed by atoms with Gasteiger partial charge in [0.25, 0.3) is 0 Å². The van der Waals surface area contributed by atoms with Gasteiger partial charge >= 0.3 is 0 Å². The predicted octanol–water partition coefficient (Wildman–Crippen LogP) is 3.73. The molecule has 0 N–H and O–H groups in total. The average molecular weight is 333 g/mol. The molecular formula is C19H25ClN2O. The lowest BCUT2D eigenvalue weighted by Gasteiger charge is -2.27. The first kappa shape index (κ1) is 16.5. The first-order chi connectivity index (χ1) is 11.2. The minimum Gasteiger partial charge on any atom is -0.337 e. The van der Waals surface area contributed by atoms with Gasteiger partial charge in [0.15, 0.2) is 0 Å². The van der Waals surface area contributed by atoms with E-state index in [0.717, 1.165) is 42.7 Å². The van der Waals surface area contributed by atoms with Gasteiger partial charge in [-0.3, -0.25) is 4.79 Å². The van der Waals surface area contributed by atoms with Crippen molar-refractivity contribution in [3.63, 3.8) is 0 Å². The Hall–Kier alpha value is -1.32. The van der Waals surface area contributed by atoms with Crippen molar-refractivity contribution in [3.05, 3.63) is 47.0 Å². The molecule has 0 bridgehead atoms. The predicted molar refractivity (Wildman–Crippen MR) is 94.4 cm³/mol. The van der Waals surface area contributed by atoms with E-state index in [0.29, 0.717) is 13.0 Å². The van der Waals surface area contributed by atoms with Gasteiger partial charge in [-0.2, -0.15) is 0 Å². The summed E-state index contributed by atoms with van der Waals surface area (Å²) in [6.45, 7) is 4.48. The average Bonchev–Trinajstić information content (AvgIpc) is 2.72. The summed E-state index contributed by atoms with van der Waals surface area (Å²) in [5, 5.41) is 0.733. The Morgan fingerprint density at radius 1 is 1.17 bits per heavy atom. The van der Waals surface area contributed by atoms with E-state index < -0.39 is 0 Å². The summed E-state index contributed by atoms with van der Waals surface area (Å²) >= 11 is 6.05. The van der Waals surface area contributed by atoms with Crippen molar-refractivity contribution in [1.29, 1.82) is 0 Å². The number of carbonyl (C=O) groups is 1. The standard InChI is InChI=1S/C19H25ClN2O/c20-18-8-4-7-17(13-18)15-22-12-11-21(10-9-19(22)23)14-16-5-2-1-3-6-16/h1-2,4,7-8,13,16H,3,5-6,9-12,14-15H2. The Morgan fingerprint density at radius 2 is 2.09 bits per heavy atom. The molecule has 1 amide bonds. The number of allylic oxidation sites excluding steroid dienone is 2. The molecule has 0 aromatic heterocycles. The van der Waals surface area contributed by atoms with Crippen LogP contribution in [0, 0.1) is 5.92 Å². The maximum absolute atomic E-state index is 12.4. The molecule has 2 aliphatic rings. The molecule has 1 fully saturated rings. The van der Waals surface area contributed by atoms with E-state index >= 15 is 0 Å². The zero-order valence-electron chi connectivity index (χ0n) is 13.6. The van der Waals surface area contributed by atoms with Crippen molar-refractivity contribution in [1.82, 2.24) is 9.80 Å². The van der Waals surface area contributed by atoms with E-state index in [4.69, 9.17) is 11.6 Å². The summed E-state index contributed by atoms with van der Waals surface area (Å²) < 4.78 is 0. The van der Waals surface area contributed by atoms with E-state index in [1.54, 1.807) is 0 Å².